The van der Waals surface area contributed by atoms with Crippen molar-refractivity contribution in [2.45, 2.75) is 32.2 Å². The maximum Gasteiger partial charge on any atom is 0.234 e. The molecular formula is C22H25N3OS. The summed E-state index contributed by atoms with van der Waals surface area (Å²) in [6, 6.07) is 16.5. The summed E-state index contributed by atoms with van der Waals surface area (Å²) >= 11 is 1.82. The number of hydrogen-bond donors (Lipinski definition) is 1. The summed E-state index contributed by atoms with van der Waals surface area (Å²) in [7, 11) is 0. The normalized spacial score (nSPS) is 15.9. The number of amides is 1. The van der Waals surface area contributed by atoms with E-state index in [4.69, 9.17) is 4.98 Å². The van der Waals surface area contributed by atoms with Crippen molar-refractivity contribution in [3.8, 4) is 0 Å². The lowest BCUT2D eigenvalue weighted by Gasteiger charge is -2.30. The van der Waals surface area contributed by atoms with Crippen LogP contribution in [0.3, 0.4) is 0 Å². The molecule has 1 aliphatic rings. The van der Waals surface area contributed by atoms with Gasteiger partial charge < -0.3 is 5.32 Å². The van der Waals surface area contributed by atoms with Crippen LogP contribution in [0, 0.1) is 6.92 Å². The molecule has 0 aliphatic carbocycles. The summed E-state index contributed by atoms with van der Waals surface area (Å²) in [5.74, 6) is 0.630. The Morgan fingerprint density at radius 3 is 2.67 bits per heavy atom. The second-order valence-electron chi connectivity index (χ2n) is 7.27. The SMILES string of the molecule is Cc1ccccc1CNC(=O)CN1CCC(c2nc3ccccc3s2)CC1. The average Bonchev–Trinajstić information content (AvgIpc) is 3.12. The quantitative estimate of drug-likeness (QED) is 0.726. The number of nitrogens with one attached hydrogen (secondary N) is 1. The highest BCUT2D eigenvalue weighted by molar-refractivity contribution is 7.18. The van der Waals surface area contributed by atoms with Crippen molar-refractivity contribution >= 4 is 27.5 Å². The first kappa shape index (κ1) is 18.1. The van der Waals surface area contributed by atoms with E-state index in [1.165, 1.54) is 20.8 Å². The maximum absolute atomic E-state index is 12.3. The molecule has 0 unspecified atom stereocenters. The third-order valence-electron chi connectivity index (χ3n) is 5.35. The topological polar surface area (TPSA) is 45.2 Å². The fraction of sp³-hybridized carbons (Fsp3) is 0.364. The molecule has 0 atom stereocenters. The van der Waals surface area contributed by atoms with Crippen LogP contribution in [0.4, 0.5) is 0 Å². The van der Waals surface area contributed by atoms with E-state index >= 15 is 0 Å². The number of thiazole rings is 1. The van der Waals surface area contributed by atoms with Gasteiger partial charge in [0.2, 0.25) is 5.91 Å². The van der Waals surface area contributed by atoms with Gasteiger partial charge in [-0.15, -0.1) is 11.3 Å². The predicted octanol–water partition coefficient (Wildman–Crippen LogP) is 4.10. The summed E-state index contributed by atoms with van der Waals surface area (Å²) in [6.07, 6.45) is 2.15. The summed E-state index contributed by atoms with van der Waals surface area (Å²) in [5.41, 5.74) is 3.50. The van der Waals surface area contributed by atoms with Crippen molar-refractivity contribution in [1.82, 2.24) is 15.2 Å². The summed E-state index contributed by atoms with van der Waals surface area (Å²) in [5, 5.41) is 4.31. The Kier molecular flexibility index (Phi) is 5.50. The standard InChI is InChI=1S/C22H25N3OS/c1-16-6-2-3-7-18(16)14-23-21(26)15-25-12-10-17(11-13-25)22-24-19-8-4-5-9-20(19)27-22/h2-9,17H,10-15H2,1H3,(H,23,26). The molecule has 140 valence electrons. The van der Waals surface area contributed by atoms with Gasteiger partial charge in [-0.1, -0.05) is 36.4 Å². The fourth-order valence-electron chi connectivity index (χ4n) is 3.66. The van der Waals surface area contributed by atoms with Crippen molar-refractivity contribution in [1.29, 1.82) is 0 Å². The Labute approximate surface area is 164 Å². The van der Waals surface area contributed by atoms with Crippen molar-refractivity contribution < 1.29 is 4.79 Å². The monoisotopic (exact) mass is 379 g/mol. The minimum Gasteiger partial charge on any atom is -0.351 e. The van der Waals surface area contributed by atoms with E-state index in [0.29, 0.717) is 19.0 Å². The fourth-order valence-corrected chi connectivity index (χ4v) is 4.80. The van der Waals surface area contributed by atoms with Gasteiger partial charge in [0.05, 0.1) is 21.8 Å². The number of nitrogens with zero attached hydrogens (tertiary/aromatic N) is 2. The van der Waals surface area contributed by atoms with E-state index in [9.17, 15) is 4.79 Å². The van der Waals surface area contributed by atoms with E-state index in [-0.39, 0.29) is 5.91 Å². The second-order valence-corrected chi connectivity index (χ2v) is 8.34. The molecule has 0 spiro atoms. The van der Waals surface area contributed by atoms with Crippen LogP contribution in [0.5, 0.6) is 0 Å². The van der Waals surface area contributed by atoms with Crippen LogP contribution in [0.2, 0.25) is 0 Å². The minimum absolute atomic E-state index is 0.108. The molecule has 2 aromatic carbocycles. The number of carbonyl (C=O) groups excluding carboxylic acids is 1. The van der Waals surface area contributed by atoms with Crippen molar-refractivity contribution in [3.05, 3.63) is 64.7 Å². The molecule has 0 bridgehead atoms. The zero-order valence-corrected chi connectivity index (χ0v) is 16.5. The molecule has 1 N–H and O–H groups in total. The number of aromatic nitrogens is 1. The van der Waals surface area contributed by atoms with Gasteiger partial charge in [-0.2, -0.15) is 0 Å². The highest BCUT2D eigenvalue weighted by Gasteiger charge is 2.24. The molecular weight excluding hydrogens is 354 g/mol. The minimum atomic E-state index is 0.108. The lowest BCUT2D eigenvalue weighted by Crippen LogP contribution is -2.41. The predicted molar refractivity (Wildman–Crippen MR) is 111 cm³/mol. The Bertz CT molecular complexity index is 895. The molecule has 0 radical (unpaired) electrons. The largest absolute Gasteiger partial charge is 0.351 e. The molecule has 0 saturated carbocycles. The zero-order chi connectivity index (χ0) is 18.6. The number of piperidine rings is 1. The van der Waals surface area contributed by atoms with Crippen LogP contribution in [-0.2, 0) is 11.3 Å². The Morgan fingerprint density at radius 1 is 1.15 bits per heavy atom. The van der Waals surface area contributed by atoms with E-state index in [2.05, 4.69) is 47.5 Å². The molecule has 1 aromatic heterocycles. The molecule has 5 heteroatoms. The van der Waals surface area contributed by atoms with Gasteiger partial charge in [-0.25, -0.2) is 4.98 Å². The van der Waals surface area contributed by atoms with Crippen LogP contribution >= 0.6 is 11.3 Å². The summed E-state index contributed by atoms with van der Waals surface area (Å²) in [4.78, 5) is 19.4. The van der Waals surface area contributed by atoms with Gasteiger partial charge in [0.15, 0.2) is 0 Å². The third-order valence-corrected chi connectivity index (χ3v) is 6.55. The molecule has 3 aromatic rings. The molecule has 1 aliphatic heterocycles. The van der Waals surface area contributed by atoms with Gasteiger partial charge >= 0.3 is 0 Å². The number of hydrogen-bond acceptors (Lipinski definition) is 4. The first-order chi connectivity index (χ1) is 13.2. The van der Waals surface area contributed by atoms with Crippen LogP contribution < -0.4 is 5.32 Å². The van der Waals surface area contributed by atoms with E-state index in [1.807, 2.05) is 29.5 Å². The van der Waals surface area contributed by atoms with Gasteiger partial charge in [0, 0.05) is 12.5 Å². The van der Waals surface area contributed by atoms with Crippen LogP contribution in [0.1, 0.15) is 34.9 Å². The highest BCUT2D eigenvalue weighted by atomic mass is 32.1. The molecule has 1 saturated heterocycles. The van der Waals surface area contributed by atoms with Gasteiger partial charge in [0.1, 0.15) is 0 Å². The maximum atomic E-state index is 12.3. The summed E-state index contributed by atoms with van der Waals surface area (Å²) in [6.45, 7) is 5.08. The number of para-hydroxylation sites is 1. The van der Waals surface area contributed by atoms with E-state index in [0.717, 1.165) is 31.4 Å². The highest BCUT2D eigenvalue weighted by Crippen LogP contribution is 2.33. The van der Waals surface area contributed by atoms with Crippen LogP contribution in [0.15, 0.2) is 48.5 Å². The van der Waals surface area contributed by atoms with Gasteiger partial charge in [-0.3, -0.25) is 9.69 Å². The number of carbonyl (C=O) groups is 1. The molecule has 4 rings (SSSR count). The number of fused-ring (bicyclic) bond motifs is 1. The lowest BCUT2D eigenvalue weighted by molar-refractivity contribution is -0.122. The Balaban J connectivity index is 1.26. The van der Waals surface area contributed by atoms with E-state index in [1.54, 1.807) is 0 Å². The number of aryl methyl sites for hydroxylation is 1. The van der Waals surface area contributed by atoms with Crippen molar-refractivity contribution in [3.63, 3.8) is 0 Å². The number of benzene rings is 2. The molecule has 27 heavy (non-hydrogen) atoms. The second kappa shape index (κ2) is 8.19. The molecule has 1 amide bonds. The Morgan fingerprint density at radius 2 is 1.89 bits per heavy atom. The summed E-state index contributed by atoms with van der Waals surface area (Å²) < 4.78 is 1.27. The number of likely N-dealkylation sites (tertiary alicyclic amines) is 1. The van der Waals surface area contributed by atoms with Crippen LogP contribution in [-0.4, -0.2) is 35.4 Å². The van der Waals surface area contributed by atoms with Gasteiger partial charge in [0.25, 0.3) is 0 Å². The zero-order valence-electron chi connectivity index (χ0n) is 15.6. The number of rotatable bonds is 5. The smallest absolute Gasteiger partial charge is 0.234 e. The average molecular weight is 380 g/mol. The van der Waals surface area contributed by atoms with Gasteiger partial charge in [-0.05, 0) is 56.1 Å². The molecule has 4 nitrogen and oxygen atoms in total. The lowest BCUT2D eigenvalue weighted by atomic mass is 9.97. The molecule has 1 fully saturated rings. The van der Waals surface area contributed by atoms with E-state index < -0.39 is 0 Å². The van der Waals surface area contributed by atoms with Crippen molar-refractivity contribution in [2.24, 2.45) is 0 Å². The third kappa shape index (κ3) is 4.37. The van der Waals surface area contributed by atoms with Crippen molar-refractivity contribution in [2.75, 3.05) is 19.6 Å². The molecule has 2 heterocycles. The first-order valence-corrected chi connectivity index (χ1v) is 10.4. The van der Waals surface area contributed by atoms with Crippen LogP contribution in [0.25, 0.3) is 10.2 Å². The Hall–Kier alpha value is -2.24. The first-order valence-electron chi connectivity index (χ1n) is 9.58.